The summed E-state index contributed by atoms with van der Waals surface area (Å²) >= 11 is 0. The van der Waals surface area contributed by atoms with Gasteiger partial charge in [0.25, 0.3) is 0 Å². The molecule has 1 fully saturated rings. The standard InChI is InChI=1S/C14H23N3O/c1-10(2)12(13-6-7-16-17(13)3)9-15-14(18)8-11-4-5-11/h6-7,10-12H,4-5,8-9H2,1-3H3,(H,15,18)/t12-/m0/s1. The van der Waals surface area contributed by atoms with E-state index in [4.69, 9.17) is 0 Å². The van der Waals surface area contributed by atoms with Crippen LogP contribution in [0.2, 0.25) is 0 Å². The Labute approximate surface area is 109 Å². The van der Waals surface area contributed by atoms with Crippen molar-refractivity contribution in [3.8, 4) is 0 Å². The van der Waals surface area contributed by atoms with Crippen molar-refractivity contribution in [2.45, 2.75) is 39.0 Å². The Hall–Kier alpha value is -1.32. The van der Waals surface area contributed by atoms with Crippen molar-refractivity contribution >= 4 is 5.91 Å². The van der Waals surface area contributed by atoms with Crippen molar-refractivity contribution in [3.63, 3.8) is 0 Å². The first kappa shape index (κ1) is 13.1. The van der Waals surface area contributed by atoms with Crippen LogP contribution in [0.25, 0.3) is 0 Å². The predicted molar refractivity (Wildman–Crippen MR) is 71.1 cm³/mol. The highest BCUT2D eigenvalue weighted by molar-refractivity contribution is 5.76. The predicted octanol–water partition coefficient (Wildman–Crippen LogP) is 2.08. The largest absolute Gasteiger partial charge is 0.355 e. The monoisotopic (exact) mass is 249 g/mol. The summed E-state index contributed by atoms with van der Waals surface area (Å²) in [6, 6.07) is 2.04. The Bertz CT molecular complexity index is 407. The summed E-state index contributed by atoms with van der Waals surface area (Å²) in [6.07, 6.45) is 4.97. The summed E-state index contributed by atoms with van der Waals surface area (Å²) in [4.78, 5) is 11.7. The first-order chi connectivity index (χ1) is 8.58. The van der Waals surface area contributed by atoms with Crippen molar-refractivity contribution in [3.05, 3.63) is 18.0 Å². The van der Waals surface area contributed by atoms with E-state index >= 15 is 0 Å². The lowest BCUT2D eigenvalue weighted by Gasteiger charge is -2.21. The zero-order valence-electron chi connectivity index (χ0n) is 11.5. The van der Waals surface area contributed by atoms with Gasteiger partial charge in [0.2, 0.25) is 5.91 Å². The second kappa shape index (κ2) is 5.55. The molecular formula is C14H23N3O. The van der Waals surface area contributed by atoms with Crippen molar-refractivity contribution in [2.24, 2.45) is 18.9 Å². The summed E-state index contributed by atoms with van der Waals surface area (Å²) in [5.41, 5.74) is 1.19. The number of aromatic nitrogens is 2. The van der Waals surface area contributed by atoms with Crippen LogP contribution in [0.3, 0.4) is 0 Å². The number of nitrogens with zero attached hydrogens (tertiary/aromatic N) is 2. The van der Waals surface area contributed by atoms with E-state index in [-0.39, 0.29) is 5.91 Å². The van der Waals surface area contributed by atoms with Crippen LogP contribution in [0.1, 0.15) is 44.7 Å². The van der Waals surface area contributed by atoms with Gasteiger partial charge in [-0.25, -0.2) is 0 Å². The third-order valence-electron chi connectivity index (χ3n) is 3.73. The Kier molecular flexibility index (Phi) is 4.04. The van der Waals surface area contributed by atoms with E-state index in [1.54, 1.807) is 0 Å². The van der Waals surface area contributed by atoms with Gasteiger partial charge in [-0.1, -0.05) is 13.8 Å². The van der Waals surface area contributed by atoms with Crippen molar-refractivity contribution in [1.29, 1.82) is 0 Å². The molecule has 100 valence electrons. The molecule has 4 nitrogen and oxygen atoms in total. The van der Waals surface area contributed by atoms with Crippen LogP contribution in [0.5, 0.6) is 0 Å². The highest BCUT2D eigenvalue weighted by Crippen LogP contribution is 2.32. The van der Waals surface area contributed by atoms with E-state index in [0.717, 1.165) is 0 Å². The zero-order chi connectivity index (χ0) is 13.1. The van der Waals surface area contributed by atoms with E-state index in [1.807, 2.05) is 24.0 Å². The molecule has 1 aromatic rings. The molecule has 1 heterocycles. The van der Waals surface area contributed by atoms with E-state index in [0.29, 0.717) is 30.7 Å². The van der Waals surface area contributed by atoms with Gasteiger partial charge in [0.05, 0.1) is 0 Å². The fourth-order valence-corrected chi connectivity index (χ4v) is 2.31. The number of amides is 1. The maximum absolute atomic E-state index is 11.7. The van der Waals surface area contributed by atoms with Gasteiger partial charge in [0, 0.05) is 37.8 Å². The molecule has 0 radical (unpaired) electrons. The number of nitrogens with one attached hydrogen (secondary N) is 1. The number of hydrogen-bond acceptors (Lipinski definition) is 2. The normalized spacial score (nSPS) is 16.9. The number of carbonyl (C=O) groups excluding carboxylic acids is 1. The molecule has 1 atom stereocenters. The lowest BCUT2D eigenvalue weighted by Crippen LogP contribution is -2.31. The van der Waals surface area contributed by atoms with Crippen LogP contribution in [0.4, 0.5) is 0 Å². The highest BCUT2D eigenvalue weighted by atomic mass is 16.1. The summed E-state index contributed by atoms with van der Waals surface area (Å²) in [5.74, 6) is 1.67. The SMILES string of the molecule is CC(C)[C@H](CNC(=O)CC1CC1)c1ccnn1C. The Morgan fingerprint density at radius 1 is 1.56 bits per heavy atom. The first-order valence-electron chi connectivity index (χ1n) is 6.82. The van der Waals surface area contributed by atoms with Crippen LogP contribution >= 0.6 is 0 Å². The summed E-state index contributed by atoms with van der Waals surface area (Å²) in [5, 5.41) is 7.28. The minimum Gasteiger partial charge on any atom is -0.355 e. The van der Waals surface area contributed by atoms with E-state index < -0.39 is 0 Å². The van der Waals surface area contributed by atoms with Gasteiger partial charge in [0.1, 0.15) is 0 Å². The smallest absolute Gasteiger partial charge is 0.220 e. The fourth-order valence-electron chi connectivity index (χ4n) is 2.31. The molecule has 0 saturated heterocycles. The van der Waals surface area contributed by atoms with Crippen LogP contribution in [0, 0.1) is 11.8 Å². The lowest BCUT2D eigenvalue weighted by atomic mass is 9.92. The molecule has 0 aliphatic heterocycles. The molecule has 0 bridgehead atoms. The third kappa shape index (κ3) is 3.34. The quantitative estimate of drug-likeness (QED) is 0.839. The molecule has 1 amide bonds. The van der Waals surface area contributed by atoms with Gasteiger partial charge in [-0.15, -0.1) is 0 Å². The van der Waals surface area contributed by atoms with Crippen LogP contribution in [0.15, 0.2) is 12.3 Å². The molecule has 4 heteroatoms. The molecule has 1 aliphatic rings. The first-order valence-corrected chi connectivity index (χ1v) is 6.82. The summed E-state index contributed by atoms with van der Waals surface area (Å²) in [7, 11) is 1.96. The Morgan fingerprint density at radius 2 is 2.28 bits per heavy atom. The Morgan fingerprint density at radius 3 is 2.78 bits per heavy atom. The summed E-state index contributed by atoms with van der Waals surface area (Å²) < 4.78 is 1.90. The fraction of sp³-hybridized carbons (Fsp3) is 0.714. The topological polar surface area (TPSA) is 46.9 Å². The maximum atomic E-state index is 11.7. The number of hydrogen-bond donors (Lipinski definition) is 1. The third-order valence-corrected chi connectivity index (χ3v) is 3.73. The minimum atomic E-state index is 0.199. The molecular weight excluding hydrogens is 226 g/mol. The van der Waals surface area contributed by atoms with Gasteiger partial charge in [-0.05, 0) is 30.7 Å². The van der Waals surface area contributed by atoms with Crippen molar-refractivity contribution < 1.29 is 4.79 Å². The van der Waals surface area contributed by atoms with E-state index in [9.17, 15) is 4.79 Å². The van der Waals surface area contributed by atoms with Crippen molar-refractivity contribution in [2.75, 3.05) is 6.54 Å². The molecule has 18 heavy (non-hydrogen) atoms. The van der Waals surface area contributed by atoms with Crippen LogP contribution in [-0.2, 0) is 11.8 Å². The number of rotatable bonds is 6. The molecule has 2 rings (SSSR count). The molecule has 0 spiro atoms. The van der Waals surface area contributed by atoms with Gasteiger partial charge in [0.15, 0.2) is 0 Å². The molecule has 1 aliphatic carbocycles. The number of carbonyl (C=O) groups is 1. The minimum absolute atomic E-state index is 0.199. The van der Waals surface area contributed by atoms with Crippen LogP contribution in [-0.4, -0.2) is 22.2 Å². The van der Waals surface area contributed by atoms with Gasteiger partial charge < -0.3 is 5.32 Å². The number of aryl methyl sites for hydroxylation is 1. The van der Waals surface area contributed by atoms with Gasteiger partial charge in [-0.3, -0.25) is 9.48 Å². The maximum Gasteiger partial charge on any atom is 0.220 e. The average molecular weight is 249 g/mol. The second-order valence-electron chi connectivity index (χ2n) is 5.68. The highest BCUT2D eigenvalue weighted by Gasteiger charge is 2.25. The Balaban J connectivity index is 1.90. The molecule has 1 N–H and O–H groups in total. The second-order valence-corrected chi connectivity index (χ2v) is 5.68. The molecule has 1 aromatic heterocycles. The molecule has 1 saturated carbocycles. The van der Waals surface area contributed by atoms with Gasteiger partial charge in [-0.2, -0.15) is 5.10 Å². The van der Waals surface area contributed by atoms with E-state index in [1.165, 1.54) is 18.5 Å². The summed E-state index contributed by atoms with van der Waals surface area (Å²) in [6.45, 7) is 5.08. The lowest BCUT2D eigenvalue weighted by molar-refractivity contribution is -0.121. The molecule has 0 unspecified atom stereocenters. The van der Waals surface area contributed by atoms with Crippen molar-refractivity contribution in [1.82, 2.24) is 15.1 Å². The van der Waals surface area contributed by atoms with Gasteiger partial charge >= 0.3 is 0 Å². The van der Waals surface area contributed by atoms with Crippen LogP contribution < -0.4 is 5.32 Å². The zero-order valence-corrected chi connectivity index (χ0v) is 11.5. The average Bonchev–Trinajstić information content (AvgIpc) is 3.01. The van der Waals surface area contributed by atoms with E-state index in [2.05, 4.69) is 24.3 Å². The molecule has 0 aromatic carbocycles.